The highest BCUT2D eigenvalue weighted by molar-refractivity contribution is 7.98. The molecule has 0 spiro atoms. The maximum Gasteiger partial charge on any atom is 0.407 e. The van der Waals surface area contributed by atoms with Crippen LogP contribution in [0.5, 0.6) is 0 Å². The lowest BCUT2D eigenvalue weighted by molar-refractivity contribution is 0.150. The molecule has 0 aromatic carbocycles. The molecule has 0 radical (unpaired) electrons. The first-order valence-corrected chi connectivity index (χ1v) is 8.52. The minimum absolute atomic E-state index is 0.151. The zero-order chi connectivity index (χ0) is 12.6. The summed E-state index contributed by atoms with van der Waals surface area (Å²) in [6.07, 6.45) is 1.91. The average Bonchev–Trinajstić information content (AvgIpc) is 2.24. The highest BCUT2D eigenvalue weighted by Crippen LogP contribution is 2.46. The van der Waals surface area contributed by atoms with E-state index >= 15 is 0 Å². The third-order valence-electron chi connectivity index (χ3n) is 2.10. The SMILES string of the molecule is CCOC(=O)NC(CCSC)P(=O)(O)CC. The van der Waals surface area contributed by atoms with Gasteiger partial charge in [0, 0.05) is 6.16 Å². The molecule has 0 aliphatic rings. The van der Waals surface area contributed by atoms with E-state index in [1.165, 1.54) is 0 Å². The van der Waals surface area contributed by atoms with Crippen LogP contribution in [0, 0.1) is 0 Å². The molecular formula is C9H20NO4PS. The first kappa shape index (κ1) is 15.8. The van der Waals surface area contributed by atoms with Gasteiger partial charge in [0.25, 0.3) is 0 Å². The summed E-state index contributed by atoms with van der Waals surface area (Å²) < 4.78 is 16.5. The van der Waals surface area contributed by atoms with Gasteiger partial charge in [-0.3, -0.25) is 4.57 Å². The van der Waals surface area contributed by atoms with E-state index in [2.05, 4.69) is 5.32 Å². The third kappa shape index (κ3) is 5.77. The minimum Gasteiger partial charge on any atom is -0.450 e. The van der Waals surface area contributed by atoms with Gasteiger partial charge in [-0.2, -0.15) is 11.8 Å². The Morgan fingerprint density at radius 3 is 2.62 bits per heavy atom. The number of rotatable bonds is 7. The molecule has 0 saturated heterocycles. The summed E-state index contributed by atoms with van der Waals surface area (Å²) in [5, 5.41) is 2.46. The predicted molar refractivity (Wildman–Crippen MR) is 67.3 cm³/mol. The molecule has 0 aliphatic heterocycles. The van der Waals surface area contributed by atoms with Crippen LogP contribution in [0.2, 0.25) is 0 Å². The lowest BCUT2D eigenvalue weighted by atomic mass is 10.5. The molecule has 0 rings (SSSR count). The lowest BCUT2D eigenvalue weighted by Gasteiger charge is -2.22. The predicted octanol–water partition coefficient (Wildman–Crippen LogP) is 2.10. The van der Waals surface area contributed by atoms with Crippen LogP contribution < -0.4 is 5.32 Å². The molecule has 0 bridgehead atoms. The van der Waals surface area contributed by atoms with Gasteiger partial charge in [-0.05, 0) is 25.4 Å². The van der Waals surface area contributed by atoms with Gasteiger partial charge in [0.15, 0.2) is 0 Å². The maximum atomic E-state index is 11.8. The van der Waals surface area contributed by atoms with E-state index in [1.807, 2.05) is 6.26 Å². The molecular weight excluding hydrogens is 249 g/mol. The summed E-state index contributed by atoms with van der Waals surface area (Å²) in [5.41, 5.74) is 0. The first-order valence-electron chi connectivity index (χ1n) is 5.21. The first-order chi connectivity index (χ1) is 7.47. The monoisotopic (exact) mass is 269 g/mol. The van der Waals surface area contributed by atoms with Crippen molar-refractivity contribution in [1.82, 2.24) is 5.32 Å². The number of hydrogen-bond acceptors (Lipinski definition) is 4. The Morgan fingerprint density at radius 2 is 2.19 bits per heavy atom. The van der Waals surface area contributed by atoms with Gasteiger partial charge in [-0.25, -0.2) is 4.79 Å². The largest absolute Gasteiger partial charge is 0.450 e. The normalized spacial score (nSPS) is 16.2. The molecule has 7 heteroatoms. The summed E-state index contributed by atoms with van der Waals surface area (Å²) in [6, 6.07) is 0. The fraction of sp³-hybridized carbons (Fsp3) is 0.889. The number of hydrogen-bond donors (Lipinski definition) is 2. The molecule has 2 N–H and O–H groups in total. The van der Waals surface area contributed by atoms with Crippen molar-refractivity contribution in [2.75, 3.05) is 24.8 Å². The molecule has 2 unspecified atom stereocenters. The number of nitrogens with one attached hydrogen (secondary N) is 1. The number of alkyl carbamates (subject to hydrolysis) is 1. The summed E-state index contributed by atoms with van der Waals surface area (Å²) >= 11 is 1.57. The number of amides is 1. The van der Waals surface area contributed by atoms with Crippen molar-refractivity contribution in [2.24, 2.45) is 0 Å². The van der Waals surface area contributed by atoms with Crippen LogP contribution >= 0.6 is 19.1 Å². The van der Waals surface area contributed by atoms with E-state index in [9.17, 15) is 14.3 Å². The highest BCUT2D eigenvalue weighted by Gasteiger charge is 2.30. The van der Waals surface area contributed by atoms with Crippen LogP contribution in [-0.2, 0) is 9.30 Å². The van der Waals surface area contributed by atoms with Gasteiger partial charge in [-0.1, -0.05) is 6.92 Å². The Hall–Kier alpha value is -0.190. The van der Waals surface area contributed by atoms with Crippen LogP contribution in [0.3, 0.4) is 0 Å². The average molecular weight is 269 g/mol. The van der Waals surface area contributed by atoms with Gasteiger partial charge in [0.1, 0.15) is 5.78 Å². The van der Waals surface area contributed by atoms with Crippen molar-refractivity contribution in [1.29, 1.82) is 0 Å². The van der Waals surface area contributed by atoms with Crippen LogP contribution in [0.15, 0.2) is 0 Å². The second-order valence-corrected chi connectivity index (χ2v) is 6.99. The Labute approximate surface area is 101 Å². The van der Waals surface area contributed by atoms with Crippen molar-refractivity contribution in [3.8, 4) is 0 Å². The standard InChI is InChI=1S/C9H20NO4PS/c1-4-14-9(11)10-8(6-7-16-3)15(12,13)5-2/h8H,4-7H2,1-3H3,(H,10,11)(H,12,13). The molecule has 0 aliphatic carbocycles. The molecule has 0 saturated carbocycles. The zero-order valence-corrected chi connectivity index (χ0v) is 11.6. The molecule has 2 atom stereocenters. The van der Waals surface area contributed by atoms with Crippen LogP contribution in [0.25, 0.3) is 0 Å². The van der Waals surface area contributed by atoms with Crippen LogP contribution in [0.4, 0.5) is 4.79 Å². The quantitative estimate of drug-likeness (QED) is 0.692. The second kappa shape index (κ2) is 7.98. The van der Waals surface area contributed by atoms with Gasteiger partial charge in [-0.15, -0.1) is 0 Å². The number of carbonyl (C=O) groups is 1. The number of thioether (sulfide) groups is 1. The second-order valence-electron chi connectivity index (χ2n) is 3.23. The fourth-order valence-electron chi connectivity index (χ4n) is 1.13. The molecule has 0 aromatic heterocycles. The van der Waals surface area contributed by atoms with Crippen molar-refractivity contribution in [3.63, 3.8) is 0 Å². The van der Waals surface area contributed by atoms with Crippen LogP contribution in [-0.4, -0.2) is 41.5 Å². The summed E-state index contributed by atoms with van der Waals surface area (Å²) in [4.78, 5) is 20.9. The van der Waals surface area contributed by atoms with Crippen molar-refractivity contribution in [3.05, 3.63) is 0 Å². The fourth-order valence-corrected chi connectivity index (χ4v) is 3.06. The summed E-state index contributed by atoms with van der Waals surface area (Å²) in [5.74, 6) is 0.0192. The van der Waals surface area contributed by atoms with E-state index in [4.69, 9.17) is 4.74 Å². The molecule has 0 aromatic rings. The van der Waals surface area contributed by atoms with E-state index in [0.29, 0.717) is 6.42 Å². The molecule has 5 nitrogen and oxygen atoms in total. The Morgan fingerprint density at radius 1 is 1.56 bits per heavy atom. The Balaban J connectivity index is 4.43. The molecule has 16 heavy (non-hydrogen) atoms. The molecule has 0 fully saturated rings. The lowest BCUT2D eigenvalue weighted by Crippen LogP contribution is -2.36. The van der Waals surface area contributed by atoms with Crippen LogP contribution in [0.1, 0.15) is 20.3 Å². The third-order valence-corrected chi connectivity index (χ3v) is 5.01. The van der Waals surface area contributed by atoms with Crippen molar-refractivity contribution in [2.45, 2.75) is 26.1 Å². The van der Waals surface area contributed by atoms with E-state index < -0.39 is 19.2 Å². The zero-order valence-electron chi connectivity index (χ0n) is 9.93. The van der Waals surface area contributed by atoms with Crippen molar-refractivity contribution < 1.29 is 19.0 Å². The summed E-state index contributed by atoms with van der Waals surface area (Å²) in [7, 11) is -3.32. The maximum absolute atomic E-state index is 11.8. The van der Waals surface area contributed by atoms with Gasteiger partial charge >= 0.3 is 6.09 Å². The molecule has 1 amide bonds. The van der Waals surface area contributed by atoms with E-state index in [0.717, 1.165) is 5.75 Å². The topological polar surface area (TPSA) is 75.6 Å². The van der Waals surface area contributed by atoms with Crippen molar-refractivity contribution >= 4 is 25.2 Å². The van der Waals surface area contributed by atoms with Gasteiger partial charge in [0.2, 0.25) is 7.37 Å². The van der Waals surface area contributed by atoms with Gasteiger partial charge in [0.05, 0.1) is 6.61 Å². The minimum atomic E-state index is -3.32. The smallest absolute Gasteiger partial charge is 0.407 e. The molecule has 96 valence electrons. The number of ether oxygens (including phenoxy) is 1. The highest BCUT2D eigenvalue weighted by atomic mass is 32.2. The Bertz CT molecular complexity index is 262. The number of carbonyl (C=O) groups excluding carboxylic acids is 1. The Kier molecular flexibility index (Phi) is 7.89. The van der Waals surface area contributed by atoms with Gasteiger partial charge < -0.3 is 14.9 Å². The summed E-state index contributed by atoms with van der Waals surface area (Å²) in [6.45, 7) is 3.58. The van der Waals surface area contributed by atoms with E-state index in [-0.39, 0.29) is 12.8 Å². The van der Waals surface area contributed by atoms with E-state index in [1.54, 1.807) is 25.6 Å². The molecule has 0 heterocycles.